The lowest BCUT2D eigenvalue weighted by Gasteiger charge is -2.23. The second kappa shape index (κ2) is 5.37. The molecule has 3 aliphatic rings. The lowest BCUT2D eigenvalue weighted by molar-refractivity contribution is -0.142. The summed E-state index contributed by atoms with van der Waals surface area (Å²) in [6.45, 7) is 0.628. The maximum absolute atomic E-state index is 12.9. The first-order chi connectivity index (χ1) is 10.6. The van der Waals surface area contributed by atoms with E-state index in [9.17, 15) is 14.7 Å². The number of carbonyl (C=O) groups is 2. The van der Waals surface area contributed by atoms with Gasteiger partial charge >= 0.3 is 5.97 Å². The standard InChI is InChI=1S/C17H21NO3S/c19-16(14-8-10-4-1-2-7-13(10)22-14)18-9-11-5-3-6-12(11)15(18)17(20)21/h8,11-12,15H,1-7,9H2,(H,20,21). The summed E-state index contributed by atoms with van der Waals surface area (Å²) in [6, 6.07) is 1.41. The molecule has 3 atom stereocenters. The van der Waals surface area contributed by atoms with Gasteiger partial charge in [-0.25, -0.2) is 4.79 Å². The Bertz CT molecular complexity index is 600. The van der Waals surface area contributed by atoms with E-state index in [2.05, 4.69) is 0 Å². The minimum Gasteiger partial charge on any atom is -0.480 e. The molecule has 0 aromatic carbocycles. The highest BCUT2D eigenvalue weighted by molar-refractivity contribution is 7.14. The summed E-state index contributed by atoms with van der Waals surface area (Å²) in [5, 5.41) is 9.60. The van der Waals surface area contributed by atoms with E-state index >= 15 is 0 Å². The molecule has 118 valence electrons. The molecule has 1 aromatic heterocycles. The van der Waals surface area contributed by atoms with Gasteiger partial charge in [0.15, 0.2) is 0 Å². The zero-order valence-corrected chi connectivity index (χ0v) is 13.4. The quantitative estimate of drug-likeness (QED) is 0.912. The lowest BCUT2D eigenvalue weighted by atomic mass is 9.94. The fraction of sp³-hybridized carbons (Fsp3) is 0.647. The Balaban J connectivity index is 1.61. The molecule has 4 rings (SSSR count). The molecule has 0 spiro atoms. The third-order valence-electron chi connectivity index (χ3n) is 5.61. The van der Waals surface area contributed by atoms with E-state index < -0.39 is 12.0 Å². The first-order valence-corrected chi connectivity index (χ1v) is 9.12. The van der Waals surface area contributed by atoms with E-state index in [1.54, 1.807) is 16.2 Å². The molecule has 1 N–H and O–H groups in total. The Morgan fingerprint density at radius 3 is 2.77 bits per heavy atom. The molecule has 0 radical (unpaired) electrons. The summed E-state index contributed by atoms with van der Waals surface area (Å²) in [5.41, 5.74) is 1.31. The van der Waals surface area contributed by atoms with Crippen molar-refractivity contribution in [2.45, 2.75) is 51.0 Å². The van der Waals surface area contributed by atoms with E-state index in [1.807, 2.05) is 6.07 Å². The monoisotopic (exact) mass is 319 g/mol. The van der Waals surface area contributed by atoms with Crippen LogP contribution in [-0.4, -0.2) is 34.5 Å². The van der Waals surface area contributed by atoms with E-state index in [-0.39, 0.29) is 11.8 Å². The number of carboxylic acid groups (broad SMARTS) is 1. The van der Waals surface area contributed by atoms with Crippen LogP contribution >= 0.6 is 11.3 Å². The van der Waals surface area contributed by atoms with Crippen LogP contribution in [0.4, 0.5) is 0 Å². The minimum absolute atomic E-state index is 0.0544. The number of nitrogens with zero attached hydrogens (tertiary/aromatic N) is 1. The van der Waals surface area contributed by atoms with Crippen molar-refractivity contribution in [1.29, 1.82) is 0 Å². The molecule has 1 aromatic rings. The predicted molar refractivity (Wildman–Crippen MR) is 84.3 cm³/mol. The SMILES string of the molecule is O=C(O)C1C2CCCC2CN1C(=O)c1cc2c(s1)CCCC2. The Morgan fingerprint density at radius 1 is 1.18 bits per heavy atom. The van der Waals surface area contributed by atoms with Gasteiger partial charge in [0.2, 0.25) is 0 Å². The molecule has 0 bridgehead atoms. The Labute approximate surface area is 134 Å². The molecule has 2 aliphatic carbocycles. The molecule has 1 saturated carbocycles. The van der Waals surface area contributed by atoms with Crippen LogP contribution in [0.5, 0.6) is 0 Å². The van der Waals surface area contributed by atoms with Crippen LogP contribution in [0.15, 0.2) is 6.07 Å². The van der Waals surface area contributed by atoms with Crippen molar-refractivity contribution in [3.63, 3.8) is 0 Å². The molecule has 2 heterocycles. The Morgan fingerprint density at radius 2 is 2.00 bits per heavy atom. The van der Waals surface area contributed by atoms with Gasteiger partial charge in [0.05, 0.1) is 4.88 Å². The van der Waals surface area contributed by atoms with Crippen LogP contribution in [0.3, 0.4) is 0 Å². The number of amides is 1. The Hall–Kier alpha value is -1.36. The molecule has 2 fully saturated rings. The fourth-order valence-corrected chi connectivity index (χ4v) is 5.78. The maximum Gasteiger partial charge on any atom is 0.326 e. The van der Waals surface area contributed by atoms with Gasteiger partial charge in [0, 0.05) is 11.4 Å². The van der Waals surface area contributed by atoms with Crippen molar-refractivity contribution in [3.05, 3.63) is 21.4 Å². The molecule has 22 heavy (non-hydrogen) atoms. The smallest absolute Gasteiger partial charge is 0.326 e. The van der Waals surface area contributed by atoms with Crippen molar-refractivity contribution >= 4 is 23.2 Å². The maximum atomic E-state index is 12.9. The number of rotatable bonds is 2. The number of aliphatic carboxylic acids is 1. The van der Waals surface area contributed by atoms with Crippen LogP contribution in [0.1, 0.15) is 52.2 Å². The molecular weight excluding hydrogens is 298 g/mol. The van der Waals surface area contributed by atoms with E-state index in [1.165, 1.54) is 23.3 Å². The average molecular weight is 319 g/mol. The van der Waals surface area contributed by atoms with Gasteiger partial charge in [0.1, 0.15) is 6.04 Å². The van der Waals surface area contributed by atoms with Gasteiger partial charge in [-0.05, 0) is 62.0 Å². The van der Waals surface area contributed by atoms with Crippen LogP contribution in [-0.2, 0) is 17.6 Å². The van der Waals surface area contributed by atoms with Crippen LogP contribution in [0, 0.1) is 11.8 Å². The van der Waals surface area contributed by atoms with Crippen molar-refractivity contribution < 1.29 is 14.7 Å². The molecule has 1 saturated heterocycles. The number of carboxylic acids is 1. The largest absolute Gasteiger partial charge is 0.480 e. The normalized spacial score (nSPS) is 30.2. The van der Waals surface area contributed by atoms with E-state index in [0.29, 0.717) is 12.5 Å². The third kappa shape index (κ3) is 2.18. The van der Waals surface area contributed by atoms with Crippen LogP contribution in [0.25, 0.3) is 0 Å². The van der Waals surface area contributed by atoms with E-state index in [4.69, 9.17) is 0 Å². The average Bonchev–Trinajstić information content (AvgIpc) is 3.18. The molecule has 5 heteroatoms. The first-order valence-electron chi connectivity index (χ1n) is 8.30. The predicted octanol–water partition coefficient (Wildman–Crippen LogP) is 2.95. The zero-order valence-electron chi connectivity index (χ0n) is 12.6. The number of fused-ring (bicyclic) bond motifs is 2. The third-order valence-corrected chi connectivity index (χ3v) is 6.84. The Kier molecular flexibility index (Phi) is 3.48. The number of hydrogen-bond donors (Lipinski definition) is 1. The number of hydrogen-bond acceptors (Lipinski definition) is 3. The molecule has 1 aliphatic heterocycles. The number of carbonyl (C=O) groups excluding carboxylic acids is 1. The van der Waals surface area contributed by atoms with Gasteiger partial charge in [-0.15, -0.1) is 11.3 Å². The fourth-order valence-electron chi connectivity index (χ4n) is 4.57. The summed E-state index contributed by atoms with van der Waals surface area (Å²) >= 11 is 1.59. The van der Waals surface area contributed by atoms with Crippen LogP contribution < -0.4 is 0 Å². The van der Waals surface area contributed by atoms with Crippen molar-refractivity contribution in [1.82, 2.24) is 4.90 Å². The number of aryl methyl sites for hydroxylation is 2. The summed E-state index contributed by atoms with van der Waals surface area (Å²) in [7, 11) is 0. The summed E-state index contributed by atoms with van der Waals surface area (Å²) in [5.74, 6) is -0.332. The summed E-state index contributed by atoms with van der Waals surface area (Å²) < 4.78 is 0. The highest BCUT2D eigenvalue weighted by atomic mass is 32.1. The molecule has 4 nitrogen and oxygen atoms in total. The lowest BCUT2D eigenvalue weighted by Crippen LogP contribution is -2.43. The minimum atomic E-state index is -0.830. The van der Waals surface area contributed by atoms with Gasteiger partial charge in [-0.1, -0.05) is 6.42 Å². The zero-order chi connectivity index (χ0) is 15.3. The number of thiophene rings is 1. The van der Waals surface area contributed by atoms with Gasteiger partial charge in [0.25, 0.3) is 5.91 Å². The topological polar surface area (TPSA) is 57.6 Å². The molecular formula is C17H21NO3S. The summed E-state index contributed by atoms with van der Waals surface area (Å²) in [4.78, 5) is 28.3. The van der Waals surface area contributed by atoms with Gasteiger partial charge in [-0.3, -0.25) is 4.79 Å². The van der Waals surface area contributed by atoms with Gasteiger partial charge in [-0.2, -0.15) is 0 Å². The van der Waals surface area contributed by atoms with Crippen LogP contribution in [0.2, 0.25) is 0 Å². The summed E-state index contributed by atoms with van der Waals surface area (Å²) in [6.07, 6.45) is 7.66. The van der Waals surface area contributed by atoms with Crippen molar-refractivity contribution in [2.24, 2.45) is 11.8 Å². The second-order valence-electron chi connectivity index (χ2n) is 6.86. The van der Waals surface area contributed by atoms with Gasteiger partial charge < -0.3 is 10.0 Å². The highest BCUT2D eigenvalue weighted by Gasteiger charge is 2.49. The molecule has 1 amide bonds. The first kappa shape index (κ1) is 14.2. The second-order valence-corrected chi connectivity index (χ2v) is 8.00. The van der Waals surface area contributed by atoms with Crippen molar-refractivity contribution in [3.8, 4) is 0 Å². The highest BCUT2D eigenvalue weighted by Crippen LogP contribution is 2.43. The van der Waals surface area contributed by atoms with Crippen molar-refractivity contribution in [2.75, 3.05) is 6.54 Å². The number of likely N-dealkylation sites (tertiary alicyclic amines) is 1. The molecule has 3 unspecified atom stereocenters. The van der Waals surface area contributed by atoms with E-state index in [0.717, 1.165) is 37.0 Å².